The zero-order chi connectivity index (χ0) is 10.3. The van der Waals surface area contributed by atoms with Crippen LogP contribution in [0.5, 0.6) is 0 Å². The van der Waals surface area contributed by atoms with E-state index in [1.54, 1.807) is 6.92 Å². The highest BCUT2D eigenvalue weighted by molar-refractivity contribution is 5.73. The highest BCUT2D eigenvalue weighted by Crippen LogP contribution is 2.01. The maximum absolute atomic E-state index is 10.2. The Kier molecular flexibility index (Phi) is 5.62. The quantitative estimate of drug-likeness (QED) is 0.196. The number of carbonyl (C=O) groups is 1. The van der Waals surface area contributed by atoms with Crippen molar-refractivity contribution in [1.82, 2.24) is 5.32 Å². The van der Waals surface area contributed by atoms with Crippen LogP contribution in [0.1, 0.15) is 13.3 Å². The first-order valence-corrected chi connectivity index (χ1v) is 3.89. The summed E-state index contributed by atoms with van der Waals surface area (Å²) in [5.41, 5.74) is 4.99. The number of hydrogen-bond donors (Lipinski definition) is 4. The zero-order valence-electron chi connectivity index (χ0n) is 7.54. The topological polar surface area (TPSA) is 108 Å². The number of rotatable bonds is 6. The molecule has 0 aromatic rings. The molecule has 0 amide bonds. The number of carboxylic acids is 1. The van der Waals surface area contributed by atoms with Crippen LogP contribution in [0, 0.1) is 11.3 Å². The summed E-state index contributed by atoms with van der Waals surface area (Å²) in [7, 11) is 0. The van der Waals surface area contributed by atoms with Gasteiger partial charge in [-0.3, -0.25) is 10.2 Å². The average Bonchev–Trinajstić information content (AvgIpc) is 1.96. The Morgan fingerprint density at radius 1 is 1.77 bits per heavy atom. The Morgan fingerprint density at radius 2 is 2.38 bits per heavy atom. The van der Waals surface area contributed by atoms with Crippen molar-refractivity contribution < 1.29 is 14.6 Å². The van der Waals surface area contributed by atoms with Gasteiger partial charge in [-0.15, -0.1) is 0 Å². The maximum Gasteiger partial charge on any atom is 0.303 e. The molecular weight excluding hydrogens is 174 g/mol. The second-order valence-electron chi connectivity index (χ2n) is 2.81. The first kappa shape index (κ1) is 11.7. The van der Waals surface area contributed by atoms with E-state index in [-0.39, 0.29) is 25.0 Å². The fraction of sp³-hybridized carbons (Fsp3) is 0.714. The van der Waals surface area contributed by atoms with E-state index in [0.29, 0.717) is 6.61 Å². The number of nitrogens with two attached hydrogens (primary N) is 1. The molecule has 0 aromatic heterocycles. The minimum absolute atomic E-state index is 0.0359. The van der Waals surface area contributed by atoms with Gasteiger partial charge >= 0.3 is 5.97 Å². The van der Waals surface area contributed by atoms with E-state index in [2.05, 4.69) is 5.32 Å². The van der Waals surface area contributed by atoms with Gasteiger partial charge in [-0.1, -0.05) is 6.92 Å². The standard InChI is InChI=1S/C7H15N3O3/c1-5(2-6(11)12)3-13-4-10-7(8)9/h5H,2-4H2,1H3,(H,11,12)(H4,8,9,10). The predicted molar refractivity (Wildman–Crippen MR) is 47.3 cm³/mol. The lowest BCUT2D eigenvalue weighted by molar-refractivity contribution is -0.138. The van der Waals surface area contributed by atoms with Crippen molar-refractivity contribution in [1.29, 1.82) is 5.41 Å². The first-order valence-electron chi connectivity index (χ1n) is 3.89. The molecule has 0 aliphatic rings. The Bertz CT molecular complexity index is 184. The van der Waals surface area contributed by atoms with Gasteiger partial charge in [-0.25, -0.2) is 0 Å². The molecule has 1 atom stereocenters. The van der Waals surface area contributed by atoms with E-state index in [9.17, 15) is 4.79 Å². The van der Waals surface area contributed by atoms with Crippen molar-refractivity contribution in [2.75, 3.05) is 13.3 Å². The maximum atomic E-state index is 10.2. The van der Waals surface area contributed by atoms with Crippen molar-refractivity contribution in [3.8, 4) is 0 Å². The Morgan fingerprint density at radius 3 is 2.85 bits per heavy atom. The molecule has 0 saturated carbocycles. The summed E-state index contributed by atoms with van der Waals surface area (Å²) in [6, 6.07) is 0. The van der Waals surface area contributed by atoms with Crippen LogP contribution in [0.4, 0.5) is 0 Å². The molecule has 0 radical (unpaired) electrons. The van der Waals surface area contributed by atoms with Crippen LogP contribution in [-0.2, 0) is 9.53 Å². The minimum Gasteiger partial charge on any atom is -0.481 e. The van der Waals surface area contributed by atoms with E-state index in [4.69, 9.17) is 21.0 Å². The number of guanidine groups is 1. The molecule has 0 spiro atoms. The monoisotopic (exact) mass is 189 g/mol. The van der Waals surface area contributed by atoms with Gasteiger partial charge in [0.15, 0.2) is 5.96 Å². The lowest BCUT2D eigenvalue weighted by Crippen LogP contribution is -2.32. The summed E-state index contributed by atoms with van der Waals surface area (Å²) in [4.78, 5) is 10.2. The molecule has 0 aliphatic carbocycles. The first-order chi connectivity index (χ1) is 6.02. The molecule has 5 N–H and O–H groups in total. The van der Waals surface area contributed by atoms with E-state index in [1.165, 1.54) is 0 Å². The molecular formula is C7H15N3O3. The van der Waals surface area contributed by atoms with E-state index < -0.39 is 5.97 Å². The second kappa shape index (κ2) is 6.24. The minimum atomic E-state index is -0.837. The lowest BCUT2D eigenvalue weighted by atomic mass is 10.1. The van der Waals surface area contributed by atoms with Crippen LogP contribution in [0.2, 0.25) is 0 Å². The van der Waals surface area contributed by atoms with Crippen LogP contribution in [-0.4, -0.2) is 30.4 Å². The predicted octanol–water partition coefficient (Wildman–Crippen LogP) is -0.446. The summed E-state index contributed by atoms with van der Waals surface area (Å²) >= 11 is 0. The molecule has 0 rings (SSSR count). The van der Waals surface area contributed by atoms with Gasteiger partial charge in [0, 0.05) is 0 Å². The molecule has 0 bridgehead atoms. The summed E-state index contributed by atoms with van der Waals surface area (Å²) in [6.45, 7) is 2.26. The molecule has 0 heterocycles. The van der Waals surface area contributed by atoms with Crippen molar-refractivity contribution in [2.24, 2.45) is 11.7 Å². The van der Waals surface area contributed by atoms with Crippen LogP contribution >= 0.6 is 0 Å². The Labute approximate surface area is 76.6 Å². The molecule has 0 aromatic carbocycles. The SMILES string of the molecule is CC(COCNC(=N)N)CC(=O)O. The third-order valence-corrected chi connectivity index (χ3v) is 1.29. The second-order valence-corrected chi connectivity index (χ2v) is 2.81. The van der Waals surface area contributed by atoms with Gasteiger partial charge in [0.2, 0.25) is 0 Å². The van der Waals surface area contributed by atoms with Gasteiger partial charge in [-0.05, 0) is 5.92 Å². The lowest BCUT2D eigenvalue weighted by Gasteiger charge is -2.09. The fourth-order valence-corrected chi connectivity index (χ4v) is 0.746. The molecule has 6 heteroatoms. The van der Waals surface area contributed by atoms with Gasteiger partial charge in [0.25, 0.3) is 0 Å². The molecule has 0 fully saturated rings. The summed E-state index contributed by atoms with van der Waals surface area (Å²) in [5, 5.41) is 17.6. The van der Waals surface area contributed by atoms with Crippen LogP contribution < -0.4 is 11.1 Å². The van der Waals surface area contributed by atoms with Gasteiger partial charge in [-0.2, -0.15) is 0 Å². The van der Waals surface area contributed by atoms with Crippen LogP contribution in [0.3, 0.4) is 0 Å². The van der Waals surface area contributed by atoms with Crippen molar-refractivity contribution >= 4 is 11.9 Å². The van der Waals surface area contributed by atoms with Crippen molar-refractivity contribution in [3.63, 3.8) is 0 Å². The highest BCUT2D eigenvalue weighted by atomic mass is 16.5. The van der Waals surface area contributed by atoms with Crippen LogP contribution in [0.15, 0.2) is 0 Å². The summed E-state index contributed by atoms with van der Waals surface area (Å²) in [6.07, 6.45) is 0.0834. The Balaban J connectivity index is 3.31. The van der Waals surface area contributed by atoms with E-state index >= 15 is 0 Å². The fourth-order valence-electron chi connectivity index (χ4n) is 0.746. The molecule has 0 aliphatic heterocycles. The number of carboxylic acid groups (broad SMARTS) is 1. The zero-order valence-corrected chi connectivity index (χ0v) is 7.54. The van der Waals surface area contributed by atoms with Gasteiger partial charge in [0.05, 0.1) is 13.0 Å². The molecule has 0 saturated heterocycles. The number of nitrogens with one attached hydrogen (secondary N) is 2. The smallest absolute Gasteiger partial charge is 0.303 e. The average molecular weight is 189 g/mol. The van der Waals surface area contributed by atoms with Gasteiger partial charge < -0.3 is 20.9 Å². The third-order valence-electron chi connectivity index (χ3n) is 1.29. The molecule has 13 heavy (non-hydrogen) atoms. The van der Waals surface area contributed by atoms with Crippen molar-refractivity contribution in [3.05, 3.63) is 0 Å². The van der Waals surface area contributed by atoms with Crippen LogP contribution in [0.25, 0.3) is 0 Å². The largest absolute Gasteiger partial charge is 0.481 e. The third kappa shape index (κ3) is 8.61. The number of ether oxygens (including phenoxy) is 1. The van der Waals surface area contributed by atoms with E-state index in [1.807, 2.05) is 0 Å². The number of aliphatic carboxylic acids is 1. The highest BCUT2D eigenvalue weighted by Gasteiger charge is 2.06. The normalized spacial score (nSPS) is 12.1. The summed E-state index contributed by atoms with van der Waals surface area (Å²) < 4.78 is 5.01. The van der Waals surface area contributed by atoms with E-state index in [0.717, 1.165) is 0 Å². The van der Waals surface area contributed by atoms with Crippen molar-refractivity contribution in [2.45, 2.75) is 13.3 Å². The molecule has 6 nitrogen and oxygen atoms in total. The Hall–Kier alpha value is -1.30. The molecule has 76 valence electrons. The molecule has 1 unspecified atom stereocenters. The van der Waals surface area contributed by atoms with Gasteiger partial charge in [0.1, 0.15) is 6.73 Å². The number of hydrogen-bond acceptors (Lipinski definition) is 3. The summed E-state index contributed by atoms with van der Waals surface area (Å²) in [5.74, 6) is -1.03.